The molecule has 1 unspecified atom stereocenters. The van der Waals surface area contributed by atoms with Crippen molar-refractivity contribution in [2.24, 2.45) is 5.41 Å². The largest absolute Gasteiger partial charge is 0.480 e. The summed E-state index contributed by atoms with van der Waals surface area (Å²) in [6.45, 7) is 7.63. The highest BCUT2D eigenvalue weighted by Crippen LogP contribution is 2.18. The molecule has 15 heavy (non-hydrogen) atoms. The number of nitrogens with zero attached hydrogens (tertiary/aromatic N) is 1. The third kappa shape index (κ3) is 5.24. The van der Waals surface area contributed by atoms with Gasteiger partial charge in [-0.1, -0.05) is 20.8 Å². The first-order valence-corrected chi connectivity index (χ1v) is 4.88. The number of aliphatic carboxylic acids is 1. The Morgan fingerprint density at radius 3 is 2.20 bits per heavy atom. The molecule has 1 atom stereocenters. The molecule has 2 amide bonds. The molecule has 0 aliphatic carbocycles. The van der Waals surface area contributed by atoms with Crippen LogP contribution in [0.3, 0.4) is 0 Å². The standard InChI is InChI=1S/C10H20N2O3/c1-7(10(2,3)4)11-9(15)12(5)6-8(13)14/h7H,6H2,1-5H3,(H,11,15)(H,13,14). The Hall–Kier alpha value is -1.26. The Bertz CT molecular complexity index is 246. The van der Waals surface area contributed by atoms with E-state index in [2.05, 4.69) is 5.32 Å². The summed E-state index contributed by atoms with van der Waals surface area (Å²) in [4.78, 5) is 23.0. The van der Waals surface area contributed by atoms with E-state index in [1.165, 1.54) is 7.05 Å². The van der Waals surface area contributed by atoms with E-state index in [1.807, 2.05) is 27.7 Å². The van der Waals surface area contributed by atoms with Crippen molar-refractivity contribution in [1.29, 1.82) is 0 Å². The minimum atomic E-state index is -1.02. The van der Waals surface area contributed by atoms with Crippen molar-refractivity contribution in [3.8, 4) is 0 Å². The van der Waals surface area contributed by atoms with Crippen LogP contribution in [-0.2, 0) is 4.79 Å². The lowest BCUT2D eigenvalue weighted by molar-refractivity contribution is -0.137. The maximum absolute atomic E-state index is 11.5. The molecular formula is C10H20N2O3. The predicted octanol–water partition coefficient (Wildman–Crippen LogP) is 1.15. The molecule has 0 spiro atoms. The topological polar surface area (TPSA) is 69.6 Å². The fourth-order valence-electron chi connectivity index (χ4n) is 0.787. The van der Waals surface area contributed by atoms with Crippen molar-refractivity contribution in [3.05, 3.63) is 0 Å². The van der Waals surface area contributed by atoms with E-state index in [0.717, 1.165) is 4.90 Å². The second kappa shape index (κ2) is 5.00. The number of amides is 2. The van der Waals surface area contributed by atoms with Gasteiger partial charge in [-0.25, -0.2) is 4.79 Å². The summed E-state index contributed by atoms with van der Waals surface area (Å²) in [7, 11) is 1.46. The molecule has 0 heterocycles. The molecular weight excluding hydrogens is 196 g/mol. The minimum Gasteiger partial charge on any atom is -0.480 e. The molecule has 5 heteroatoms. The zero-order chi connectivity index (χ0) is 12.2. The number of carbonyl (C=O) groups is 2. The molecule has 0 aromatic heterocycles. The summed E-state index contributed by atoms with van der Waals surface area (Å²) in [5.74, 6) is -1.02. The minimum absolute atomic E-state index is 0.0127. The van der Waals surface area contributed by atoms with Gasteiger partial charge in [0.1, 0.15) is 6.54 Å². The van der Waals surface area contributed by atoms with Crippen molar-refractivity contribution in [2.75, 3.05) is 13.6 Å². The number of rotatable bonds is 3. The quantitative estimate of drug-likeness (QED) is 0.743. The molecule has 0 aromatic carbocycles. The van der Waals surface area contributed by atoms with Gasteiger partial charge in [0.15, 0.2) is 0 Å². The van der Waals surface area contributed by atoms with Gasteiger partial charge in [-0.15, -0.1) is 0 Å². The van der Waals surface area contributed by atoms with E-state index in [0.29, 0.717) is 0 Å². The highest BCUT2D eigenvalue weighted by atomic mass is 16.4. The Morgan fingerprint density at radius 1 is 1.40 bits per heavy atom. The van der Waals surface area contributed by atoms with Crippen LogP contribution in [0.15, 0.2) is 0 Å². The monoisotopic (exact) mass is 216 g/mol. The van der Waals surface area contributed by atoms with Crippen LogP contribution < -0.4 is 5.32 Å². The normalized spacial score (nSPS) is 13.1. The molecule has 0 aliphatic rings. The lowest BCUT2D eigenvalue weighted by Crippen LogP contribution is -2.48. The predicted molar refractivity (Wildman–Crippen MR) is 57.7 cm³/mol. The lowest BCUT2D eigenvalue weighted by atomic mass is 9.88. The summed E-state index contributed by atoms with van der Waals surface area (Å²) in [5, 5.41) is 11.3. The van der Waals surface area contributed by atoms with Crippen molar-refractivity contribution < 1.29 is 14.7 Å². The van der Waals surface area contributed by atoms with Crippen LogP contribution in [0.4, 0.5) is 4.79 Å². The van der Waals surface area contributed by atoms with Crippen molar-refractivity contribution in [1.82, 2.24) is 10.2 Å². The molecule has 0 saturated carbocycles. The van der Waals surface area contributed by atoms with Crippen LogP contribution in [0, 0.1) is 5.41 Å². The zero-order valence-electron chi connectivity index (χ0n) is 10.00. The summed E-state index contributed by atoms with van der Waals surface area (Å²) >= 11 is 0. The molecule has 0 radical (unpaired) electrons. The highest BCUT2D eigenvalue weighted by molar-refractivity contribution is 5.79. The molecule has 0 aliphatic heterocycles. The van der Waals surface area contributed by atoms with Gasteiger partial charge in [0.2, 0.25) is 0 Å². The van der Waals surface area contributed by atoms with Gasteiger partial charge in [-0.05, 0) is 12.3 Å². The van der Waals surface area contributed by atoms with Crippen molar-refractivity contribution in [2.45, 2.75) is 33.7 Å². The second-order valence-electron chi connectivity index (χ2n) is 4.79. The second-order valence-corrected chi connectivity index (χ2v) is 4.79. The van der Waals surface area contributed by atoms with Crippen LogP contribution >= 0.6 is 0 Å². The third-order valence-corrected chi connectivity index (χ3v) is 2.36. The fourth-order valence-corrected chi connectivity index (χ4v) is 0.787. The molecule has 88 valence electrons. The summed E-state index contributed by atoms with van der Waals surface area (Å²) in [6.07, 6.45) is 0. The SMILES string of the molecule is CC(NC(=O)N(C)CC(=O)O)C(C)(C)C. The van der Waals surface area contributed by atoms with E-state index in [1.54, 1.807) is 0 Å². The maximum atomic E-state index is 11.5. The van der Waals surface area contributed by atoms with Crippen LogP contribution in [-0.4, -0.2) is 41.6 Å². The van der Waals surface area contributed by atoms with E-state index in [4.69, 9.17) is 5.11 Å². The van der Waals surface area contributed by atoms with Crippen LogP contribution in [0.2, 0.25) is 0 Å². The molecule has 5 nitrogen and oxygen atoms in total. The number of urea groups is 1. The molecule has 0 aromatic rings. The average Bonchev–Trinajstić information content (AvgIpc) is 2.00. The van der Waals surface area contributed by atoms with E-state index < -0.39 is 5.97 Å². The van der Waals surface area contributed by atoms with Gasteiger partial charge in [0, 0.05) is 13.1 Å². The zero-order valence-corrected chi connectivity index (χ0v) is 10.00. The van der Waals surface area contributed by atoms with Crippen molar-refractivity contribution >= 4 is 12.0 Å². The Balaban J connectivity index is 4.19. The summed E-state index contributed by atoms with van der Waals surface area (Å²) in [6, 6.07) is -0.374. The van der Waals surface area contributed by atoms with Crippen LogP contribution in [0.25, 0.3) is 0 Å². The van der Waals surface area contributed by atoms with Gasteiger partial charge >= 0.3 is 12.0 Å². The Labute approximate surface area is 90.5 Å². The maximum Gasteiger partial charge on any atom is 0.323 e. The van der Waals surface area contributed by atoms with E-state index in [-0.39, 0.29) is 24.0 Å². The number of carboxylic acid groups (broad SMARTS) is 1. The fraction of sp³-hybridized carbons (Fsp3) is 0.800. The number of hydrogen-bond acceptors (Lipinski definition) is 2. The molecule has 0 saturated heterocycles. The van der Waals surface area contributed by atoms with Gasteiger partial charge < -0.3 is 15.3 Å². The van der Waals surface area contributed by atoms with Gasteiger partial charge in [-0.3, -0.25) is 4.79 Å². The average molecular weight is 216 g/mol. The number of hydrogen-bond donors (Lipinski definition) is 2. The molecule has 0 bridgehead atoms. The van der Waals surface area contributed by atoms with Crippen molar-refractivity contribution in [3.63, 3.8) is 0 Å². The van der Waals surface area contributed by atoms with Gasteiger partial charge in [-0.2, -0.15) is 0 Å². The number of nitrogens with one attached hydrogen (secondary N) is 1. The Morgan fingerprint density at radius 2 is 1.87 bits per heavy atom. The number of carbonyl (C=O) groups excluding carboxylic acids is 1. The Kier molecular flexibility index (Phi) is 4.58. The molecule has 0 fully saturated rings. The first-order chi connectivity index (χ1) is 6.64. The van der Waals surface area contributed by atoms with Crippen LogP contribution in [0.1, 0.15) is 27.7 Å². The third-order valence-electron chi connectivity index (χ3n) is 2.36. The first-order valence-electron chi connectivity index (χ1n) is 4.88. The summed E-state index contributed by atoms with van der Waals surface area (Å²) < 4.78 is 0. The molecule has 2 N–H and O–H groups in total. The number of carboxylic acids is 1. The van der Waals surface area contributed by atoms with E-state index in [9.17, 15) is 9.59 Å². The lowest BCUT2D eigenvalue weighted by Gasteiger charge is -2.29. The van der Waals surface area contributed by atoms with Gasteiger partial charge in [0.25, 0.3) is 0 Å². The molecule has 0 rings (SSSR count). The van der Waals surface area contributed by atoms with Crippen LogP contribution in [0.5, 0.6) is 0 Å². The number of likely N-dealkylation sites (N-methyl/N-ethyl adjacent to an activating group) is 1. The smallest absolute Gasteiger partial charge is 0.323 e. The first kappa shape index (κ1) is 13.7. The van der Waals surface area contributed by atoms with E-state index >= 15 is 0 Å². The summed E-state index contributed by atoms with van der Waals surface area (Å²) in [5.41, 5.74) is -0.0419. The van der Waals surface area contributed by atoms with Gasteiger partial charge in [0.05, 0.1) is 0 Å². The highest BCUT2D eigenvalue weighted by Gasteiger charge is 2.23.